The Bertz CT molecular complexity index is 3870. The number of carboxylic acids is 1. The number of nitrogen functional groups attached to an aromatic ring is 1. The van der Waals surface area contributed by atoms with Crippen LogP contribution in [0.4, 0.5) is 16.2 Å². The molecule has 0 atom stereocenters. The average Bonchev–Trinajstić information content (AvgIpc) is 0.776. The third-order valence-electron chi connectivity index (χ3n) is 19.3. The Morgan fingerprint density at radius 3 is 1.32 bits per heavy atom. The minimum absolute atomic E-state index is 0.0578. The first-order valence-electron chi connectivity index (χ1n) is 30.8. The predicted octanol–water partition coefficient (Wildman–Crippen LogP) is 6.69. The lowest BCUT2D eigenvalue weighted by Gasteiger charge is -2.53. The molecule has 16 rings (SSSR count). The van der Waals surface area contributed by atoms with Crippen molar-refractivity contribution in [3.05, 3.63) is 196 Å². The molecule has 6 N–H and O–H groups in total. The molecule has 0 bridgehead atoms. The van der Waals surface area contributed by atoms with E-state index in [1.807, 2.05) is 42.6 Å². The number of carbonyl (C=O) groups excluding carboxylic acids is 2. The van der Waals surface area contributed by atoms with Crippen molar-refractivity contribution in [3.63, 3.8) is 0 Å². The van der Waals surface area contributed by atoms with Crippen LogP contribution in [0.15, 0.2) is 150 Å². The molecule has 0 radical (unpaired) electrons. The molecule has 5 saturated heterocycles. The van der Waals surface area contributed by atoms with E-state index >= 15 is 0 Å². The van der Waals surface area contributed by atoms with E-state index in [-0.39, 0.29) is 74.7 Å². The lowest BCUT2D eigenvalue weighted by Crippen LogP contribution is -2.57. The molecule has 0 unspecified atom stereocenters. The first kappa shape index (κ1) is 64.3. The minimum Gasteiger partial charge on any atom is -0.477 e. The molecule has 24 heteroatoms. The third-order valence-corrected chi connectivity index (χ3v) is 19.3. The minimum atomic E-state index is -1.16. The van der Waals surface area contributed by atoms with Gasteiger partial charge in [-0.3, -0.25) is 24.5 Å². The maximum atomic E-state index is 12.6. The number of nitrogens with zero attached hydrogens (tertiary/aromatic N) is 4. The van der Waals surface area contributed by atoms with E-state index in [0.717, 1.165) is 123 Å². The number of nitrogens with one attached hydrogen (secondary N) is 1. The van der Waals surface area contributed by atoms with Gasteiger partial charge in [-0.1, -0.05) is 30.3 Å². The van der Waals surface area contributed by atoms with E-state index in [1.54, 1.807) is 86.2 Å². The van der Waals surface area contributed by atoms with Crippen molar-refractivity contribution in [2.24, 2.45) is 32.8 Å². The number of rotatable bonds is 9. The van der Waals surface area contributed by atoms with Gasteiger partial charge in [0.05, 0.1) is 85.1 Å². The Morgan fingerprint density at radius 2 is 0.934 bits per heavy atom. The molecule has 484 valence electrons. The molecule has 10 heterocycles. The summed E-state index contributed by atoms with van der Waals surface area (Å²) in [7, 11) is 1.28. The molecule has 91 heavy (non-hydrogen) atoms. The van der Waals surface area contributed by atoms with Crippen LogP contribution in [-0.4, -0.2) is 121 Å². The van der Waals surface area contributed by atoms with Gasteiger partial charge in [0.1, 0.15) is 23.4 Å². The Labute approximate surface area is 523 Å². The van der Waals surface area contributed by atoms with E-state index < -0.39 is 23.6 Å². The number of anilines is 2. The maximum absolute atomic E-state index is 12.6. The van der Waals surface area contributed by atoms with Gasteiger partial charge in [0.25, 0.3) is 22.2 Å². The summed E-state index contributed by atoms with van der Waals surface area (Å²) in [6, 6.07) is 27.2. The number of aromatic nitrogens is 4. The van der Waals surface area contributed by atoms with E-state index in [9.17, 15) is 38.4 Å². The van der Waals surface area contributed by atoms with Crippen LogP contribution in [0.1, 0.15) is 120 Å². The quantitative estimate of drug-likeness (QED) is 0.110. The monoisotopic (exact) mass is 1250 g/mol. The SMILES string of the molecule is COC(=O)c1cccn(C2CC3(COC3)C2)c1=O.Cc1cccoc1=O.NC1CC2(COC2)C1.Nc1cccn(C2CC3(COC3)C2)c1=O.O=C(Nc1cccn(C2CC3(COC3)C2)c1=O)OCc1ccccc1.O=C(O)c1cccn(C2CC3(COC3)C2)c1=O. The van der Waals surface area contributed by atoms with Crippen LogP contribution >= 0.6 is 0 Å². The van der Waals surface area contributed by atoms with Crippen LogP contribution in [0.2, 0.25) is 0 Å². The van der Waals surface area contributed by atoms with Gasteiger partial charge in [-0.05, 0) is 137 Å². The van der Waals surface area contributed by atoms with Gasteiger partial charge in [-0.2, -0.15) is 0 Å². The molecule has 10 fully saturated rings. The summed E-state index contributed by atoms with van der Waals surface area (Å²) < 4.78 is 46.9. The summed E-state index contributed by atoms with van der Waals surface area (Å²) in [4.78, 5) is 93.1. The number of hydrogen-bond acceptors (Lipinski definition) is 18. The first-order valence-corrected chi connectivity index (χ1v) is 30.8. The summed E-state index contributed by atoms with van der Waals surface area (Å²) in [6.45, 7) is 10.3. The molecule has 10 aliphatic rings. The number of hydrogen-bond donors (Lipinski definition) is 4. The second-order valence-corrected chi connectivity index (χ2v) is 26.5. The normalized spacial score (nSPS) is 23.3. The smallest absolute Gasteiger partial charge is 0.412 e. The number of pyridine rings is 4. The number of esters is 1. The van der Waals surface area contributed by atoms with E-state index in [2.05, 4.69) is 14.5 Å². The Morgan fingerprint density at radius 1 is 0.527 bits per heavy atom. The van der Waals surface area contributed by atoms with Gasteiger partial charge in [0.2, 0.25) is 0 Å². The van der Waals surface area contributed by atoms with E-state index in [4.69, 9.17) is 45.0 Å². The molecule has 5 aromatic heterocycles. The maximum Gasteiger partial charge on any atom is 0.412 e. The fourth-order valence-electron chi connectivity index (χ4n) is 13.8. The van der Waals surface area contributed by atoms with Crippen molar-refractivity contribution >= 4 is 29.4 Å². The molecule has 6 aromatic rings. The second-order valence-electron chi connectivity index (χ2n) is 26.5. The van der Waals surface area contributed by atoms with Crippen molar-refractivity contribution in [3.8, 4) is 0 Å². The number of ether oxygens (including phenoxy) is 7. The van der Waals surface area contributed by atoms with Crippen molar-refractivity contribution in [1.29, 1.82) is 0 Å². The second kappa shape index (κ2) is 26.9. The summed E-state index contributed by atoms with van der Waals surface area (Å²) in [6.07, 6.45) is 17.9. The van der Waals surface area contributed by atoms with Crippen LogP contribution in [-0.2, 0) is 39.8 Å². The number of carbonyl (C=O) groups is 3. The number of carboxylic acid groups (broad SMARTS) is 1. The van der Waals surface area contributed by atoms with Gasteiger partial charge in [-0.15, -0.1) is 0 Å². The number of amides is 1. The molecule has 5 aliphatic heterocycles. The number of methoxy groups -OCH3 is 1. The zero-order valence-corrected chi connectivity index (χ0v) is 51.2. The molecule has 5 spiro atoms. The van der Waals surface area contributed by atoms with Crippen LogP contribution in [0, 0.1) is 34.0 Å². The molecular weight excluding hydrogens is 1170 g/mol. The summed E-state index contributed by atoms with van der Waals surface area (Å²) in [5.41, 5.74) is 13.9. The highest BCUT2D eigenvalue weighted by Crippen LogP contribution is 2.55. The van der Waals surface area contributed by atoms with Crippen LogP contribution < -0.4 is 44.6 Å². The van der Waals surface area contributed by atoms with Gasteiger partial charge in [0, 0.05) is 87.6 Å². The Balaban J connectivity index is 0.000000116. The zero-order chi connectivity index (χ0) is 64.1. The highest BCUT2D eigenvalue weighted by atomic mass is 16.6. The van der Waals surface area contributed by atoms with E-state index in [0.29, 0.717) is 39.6 Å². The van der Waals surface area contributed by atoms with Crippen molar-refractivity contribution in [2.75, 3.05) is 84.2 Å². The number of benzene rings is 1. The lowest BCUT2D eigenvalue weighted by atomic mass is 9.64. The lowest BCUT2D eigenvalue weighted by molar-refractivity contribution is -0.174. The van der Waals surface area contributed by atoms with Gasteiger partial charge < -0.3 is 72.4 Å². The Hall–Kier alpha value is -8.26. The van der Waals surface area contributed by atoms with Gasteiger partial charge in [0.15, 0.2) is 0 Å². The predicted molar refractivity (Wildman–Crippen MR) is 332 cm³/mol. The topological polar surface area (TPSA) is 318 Å². The first-order chi connectivity index (χ1) is 43.7. The van der Waals surface area contributed by atoms with Crippen molar-refractivity contribution < 1.29 is 57.1 Å². The molecule has 5 aliphatic carbocycles. The summed E-state index contributed by atoms with van der Waals surface area (Å²) >= 11 is 0. The largest absolute Gasteiger partial charge is 0.477 e. The van der Waals surface area contributed by atoms with Crippen molar-refractivity contribution in [1.82, 2.24) is 18.3 Å². The highest BCUT2D eigenvalue weighted by Gasteiger charge is 2.54. The van der Waals surface area contributed by atoms with Crippen molar-refractivity contribution in [2.45, 2.75) is 108 Å². The Kier molecular flexibility index (Phi) is 19.0. The third kappa shape index (κ3) is 14.1. The van der Waals surface area contributed by atoms with Crippen LogP contribution in [0.3, 0.4) is 0 Å². The highest BCUT2D eigenvalue weighted by molar-refractivity contribution is 5.89. The summed E-state index contributed by atoms with van der Waals surface area (Å²) in [5, 5.41) is 11.4. The molecular formula is C67H79N7O17. The molecule has 5 saturated carbocycles. The molecule has 1 aromatic carbocycles. The summed E-state index contributed by atoms with van der Waals surface area (Å²) in [5.74, 6) is -1.74. The fraction of sp³-hybridized carbons (Fsp3) is 0.493. The van der Waals surface area contributed by atoms with Crippen LogP contribution in [0.5, 0.6) is 0 Å². The zero-order valence-electron chi connectivity index (χ0n) is 51.2. The number of aryl methyl sites for hydroxylation is 1. The van der Waals surface area contributed by atoms with Gasteiger partial charge >= 0.3 is 23.7 Å². The number of nitrogens with two attached hydrogens (primary N) is 2. The van der Waals surface area contributed by atoms with E-state index in [1.165, 1.54) is 38.3 Å². The fourth-order valence-corrected chi connectivity index (χ4v) is 13.8. The van der Waals surface area contributed by atoms with Gasteiger partial charge in [-0.25, -0.2) is 19.2 Å². The standard InChI is InChI=1S/C19H20N2O4.C13H15NO4.C12H13NO4.C11H14N2O2.C6H11NO.C6H6O2/c22-17-16(20-18(23)25-11-14-5-2-1-3-6-14)7-4-8-21(17)15-9-19(10-15)12-24-13-19;1-17-12(16)10-3-2-4-14(11(10)15)9-5-13(6-9)7-18-8-13;14-10-9(11(15)16)2-1-3-13(10)8-4-12(5-8)6-17-7-12;12-9-2-1-3-13(10(9)14)8-4-11(5-8)6-15-7-11;7-5-1-6(2-5)3-8-4-6;1-5-3-2-4-8-6(5)7/h1-8,15H,9-13H2,(H,20,23);2-4,9H,5-8H2,1H3;1-3,8H,4-7H2,(H,15,16);1-3,8H,4-7,12H2;5H,1-4,7H2;2-4H,1H3. The number of aromatic carboxylic acids is 1. The average molecular weight is 1250 g/mol. The molecule has 1 amide bonds. The van der Waals surface area contributed by atoms with Crippen LogP contribution in [0.25, 0.3) is 0 Å². The molecule has 24 nitrogen and oxygen atoms in total.